The zero-order valence-electron chi connectivity index (χ0n) is 24.0. The van der Waals surface area contributed by atoms with E-state index >= 15 is 0 Å². The first-order chi connectivity index (χ1) is 19.3. The van der Waals surface area contributed by atoms with Crippen molar-refractivity contribution < 1.29 is 18.0 Å². The standard InChI is InChI=1S/C31H37Cl2N3O4S/c1-21(2)26-13-9-10-14-28(26)36(41(5,39)40)20-30(37)35(19-24-15-16-25(32)18-27(24)33)29(31(38)34-22(3)4)17-23-11-7-6-8-12-23/h6-16,18,21-22,29H,17,19-20H2,1-5H3,(H,34,38). The van der Waals surface area contributed by atoms with Gasteiger partial charge in [-0.2, -0.15) is 0 Å². The van der Waals surface area contributed by atoms with Crippen LogP contribution in [0.2, 0.25) is 10.0 Å². The first-order valence-corrected chi connectivity index (χ1v) is 16.0. The Morgan fingerprint density at radius 1 is 0.902 bits per heavy atom. The predicted octanol–water partition coefficient (Wildman–Crippen LogP) is 6.05. The fourth-order valence-electron chi connectivity index (χ4n) is 4.57. The SMILES string of the molecule is CC(C)NC(=O)C(Cc1ccccc1)N(Cc1ccc(Cl)cc1Cl)C(=O)CN(c1ccccc1C(C)C)S(C)(=O)=O. The minimum absolute atomic E-state index is 0.0113. The summed E-state index contributed by atoms with van der Waals surface area (Å²) in [5.74, 6) is -0.882. The third-order valence-corrected chi connectivity index (χ3v) is 8.28. The average molecular weight is 619 g/mol. The molecule has 0 aliphatic carbocycles. The highest BCUT2D eigenvalue weighted by molar-refractivity contribution is 7.92. The summed E-state index contributed by atoms with van der Waals surface area (Å²) >= 11 is 12.6. The molecule has 2 amide bonds. The molecule has 0 saturated carbocycles. The second-order valence-electron chi connectivity index (χ2n) is 10.6. The highest BCUT2D eigenvalue weighted by Gasteiger charge is 2.34. The van der Waals surface area contributed by atoms with Crippen LogP contribution in [0.1, 0.15) is 50.3 Å². The zero-order valence-corrected chi connectivity index (χ0v) is 26.3. The van der Waals surface area contributed by atoms with Crippen molar-refractivity contribution in [2.45, 2.75) is 58.7 Å². The maximum atomic E-state index is 14.2. The molecule has 3 aromatic rings. The van der Waals surface area contributed by atoms with Gasteiger partial charge < -0.3 is 10.2 Å². The summed E-state index contributed by atoms with van der Waals surface area (Å²) in [6, 6.07) is 20.3. The van der Waals surface area contributed by atoms with E-state index in [1.54, 1.807) is 30.3 Å². The van der Waals surface area contributed by atoms with Crippen LogP contribution in [-0.4, -0.2) is 50.0 Å². The van der Waals surface area contributed by atoms with Gasteiger partial charge in [-0.1, -0.05) is 91.6 Å². The fraction of sp³-hybridized carbons (Fsp3) is 0.355. The van der Waals surface area contributed by atoms with E-state index in [9.17, 15) is 18.0 Å². The number of benzene rings is 3. The summed E-state index contributed by atoms with van der Waals surface area (Å²) in [5, 5.41) is 3.70. The topological polar surface area (TPSA) is 86.8 Å². The Labute approximate surface area is 253 Å². The second-order valence-corrected chi connectivity index (χ2v) is 13.4. The predicted molar refractivity (Wildman–Crippen MR) is 167 cm³/mol. The number of nitrogens with zero attached hydrogens (tertiary/aromatic N) is 2. The molecule has 1 atom stereocenters. The quantitative estimate of drug-likeness (QED) is 0.268. The van der Waals surface area contributed by atoms with E-state index in [1.165, 1.54) is 4.90 Å². The van der Waals surface area contributed by atoms with E-state index in [-0.39, 0.29) is 30.8 Å². The molecule has 0 fully saturated rings. The fourth-order valence-corrected chi connectivity index (χ4v) is 5.90. The van der Waals surface area contributed by atoms with Gasteiger partial charge >= 0.3 is 0 Å². The van der Waals surface area contributed by atoms with Crippen molar-refractivity contribution >= 4 is 50.7 Å². The summed E-state index contributed by atoms with van der Waals surface area (Å²) < 4.78 is 27.3. The lowest BCUT2D eigenvalue weighted by Crippen LogP contribution is -2.54. The highest BCUT2D eigenvalue weighted by atomic mass is 35.5. The lowest BCUT2D eigenvalue weighted by atomic mass is 10.0. The molecule has 1 unspecified atom stereocenters. The van der Waals surface area contributed by atoms with Gasteiger partial charge in [0.25, 0.3) is 0 Å². The Hall–Kier alpha value is -3.07. The molecule has 0 radical (unpaired) electrons. The first-order valence-electron chi connectivity index (χ1n) is 13.4. The number of hydrogen-bond acceptors (Lipinski definition) is 4. The number of sulfonamides is 1. The summed E-state index contributed by atoms with van der Waals surface area (Å²) in [4.78, 5) is 29.3. The van der Waals surface area contributed by atoms with Crippen LogP contribution >= 0.6 is 23.2 Å². The van der Waals surface area contributed by atoms with Crippen LogP contribution in [0.5, 0.6) is 0 Å². The summed E-state index contributed by atoms with van der Waals surface area (Å²) in [6.45, 7) is 7.08. The summed E-state index contributed by atoms with van der Waals surface area (Å²) in [6.07, 6.45) is 1.29. The number of para-hydroxylation sites is 1. The van der Waals surface area contributed by atoms with Crippen molar-refractivity contribution in [3.63, 3.8) is 0 Å². The molecule has 41 heavy (non-hydrogen) atoms. The number of carbonyl (C=O) groups is 2. The van der Waals surface area contributed by atoms with Gasteiger partial charge in [-0.15, -0.1) is 0 Å². The van der Waals surface area contributed by atoms with Crippen LogP contribution < -0.4 is 9.62 Å². The van der Waals surface area contributed by atoms with Crippen LogP contribution in [0.25, 0.3) is 0 Å². The van der Waals surface area contributed by atoms with Crippen molar-refractivity contribution in [1.82, 2.24) is 10.2 Å². The van der Waals surface area contributed by atoms with Gasteiger partial charge in [0.05, 0.1) is 11.9 Å². The minimum Gasteiger partial charge on any atom is -0.352 e. The van der Waals surface area contributed by atoms with Crippen LogP contribution in [0.15, 0.2) is 72.8 Å². The van der Waals surface area contributed by atoms with Gasteiger partial charge in [-0.05, 0) is 54.7 Å². The van der Waals surface area contributed by atoms with Gasteiger partial charge in [0.1, 0.15) is 12.6 Å². The third-order valence-electron chi connectivity index (χ3n) is 6.56. The Bertz CT molecular complexity index is 1460. The molecule has 3 aromatic carbocycles. The average Bonchev–Trinajstić information content (AvgIpc) is 2.89. The van der Waals surface area contributed by atoms with Gasteiger partial charge in [0.2, 0.25) is 21.8 Å². The summed E-state index contributed by atoms with van der Waals surface area (Å²) in [5.41, 5.74) is 2.64. The van der Waals surface area contributed by atoms with Gasteiger partial charge in [-0.3, -0.25) is 13.9 Å². The largest absolute Gasteiger partial charge is 0.352 e. The van der Waals surface area contributed by atoms with Gasteiger partial charge in [0, 0.05) is 29.1 Å². The number of nitrogens with one attached hydrogen (secondary N) is 1. The Morgan fingerprint density at radius 2 is 1.54 bits per heavy atom. The van der Waals surface area contributed by atoms with Crippen molar-refractivity contribution in [2.75, 3.05) is 17.1 Å². The molecular weight excluding hydrogens is 581 g/mol. The molecule has 0 aliphatic rings. The molecule has 0 saturated heterocycles. The molecule has 1 N–H and O–H groups in total. The van der Waals surface area contributed by atoms with E-state index in [2.05, 4.69) is 5.32 Å². The lowest BCUT2D eigenvalue weighted by Gasteiger charge is -2.34. The number of halogens is 2. The molecular formula is C31H37Cl2N3O4S. The number of amides is 2. The van der Waals surface area contributed by atoms with Gasteiger partial charge in [0.15, 0.2) is 0 Å². The Balaban J connectivity index is 2.12. The van der Waals surface area contributed by atoms with Crippen molar-refractivity contribution in [3.05, 3.63) is 99.5 Å². The molecule has 7 nitrogen and oxygen atoms in total. The molecule has 0 bridgehead atoms. The molecule has 220 valence electrons. The minimum atomic E-state index is -3.87. The molecule has 0 heterocycles. The number of rotatable bonds is 12. The van der Waals surface area contributed by atoms with E-state index in [0.717, 1.165) is 21.7 Å². The van der Waals surface area contributed by atoms with Crippen LogP contribution in [0.4, 0.5) is 5.69 Å². The third kappa shape index (κ3) is 8.96. The van der Waals surface area contributed by atoms with Gasteiger partial charge in [-0.25, -0.2) is 8.42 Å². The first kappa shape index (κ1) is 32.4. The maximum absolute atomic E-state index is 14.2. The molecule has 0 spiro atoms. The Morgan fingerprint density at radius 3 is 2.12 bits per heavy atom. The van der Waals surface area contributed by atoms with E-state index in [1.807, 2.05) is 70.2 Å². The van der Waals surface area contributed by atoms with E-state index in [4.69, 9.17) is 23.2 Å². The van der Waals surface area contributed by atoms with Crippen molar-refractivity contribution in [2.24, 2.45) is 0 Å². The van der Waals surface area contributed by atoms with Crippen molar-refractivity contribution in [1.29, 1.82) is 0 Å². The van der Waals surface area contributed by atoms with Crippen LogP contribution in [0, 0.1) is 0 Å². The van der Waals surface area contributed by atoms with Crippen LogP contribution in [0.3, 0.4) is 0 Å². The molecule has 10 heteroatoms. The monoisotopic (exact) mass is 617 g/mol. The zero-order chi connectivity index (χ0) is 30.3. The smallest absolute Gasteiger partial charge is 0.244 e. The van der Waals surface area contributed by atoms with Crippen LogP contribution in [-0.2, 0) is 32.6 Å². The maximum Gasteiger partial charge on any atom is 0.244 e. The molecule has 0 aliphatic heterocycles. The van der Waals surface area contributed by atoms with Crippen molar-refractivity contribution in [3.8, 4) is 0 Å². The highest BCUT2D eigenvalue weighted by Crippen LogP contribution is 2.30. The lowest BCUT2D eigenvalue weighted by molar-refractivity contribution is -0.140. The second kappa shape index (κ2) is 14.2. The molecule has 3 rings (SSSR count). The van der Waals surface area contributed by atoms with E-state index < -0.39 is 28.5 Å². The number of anilines is 1. The number of hydrogen-bond donors (Lipinski definition) is 1. The number of carbonyl (C=O) groups excluding carboxylic acids is 2. The normalized spacial score (nSPS) is 12.3. The summed E-state index contributed by atoms with van der Waals surface area (Å²) in [7, 11) is -3.87. The molecule has 0 aromatic heterocycles. The Kier molecular flexibility index (Phi) is 11.2. The van der Waals surface area contributed by atoms with E-state index in [0.29, 0.717) is 21.3 Å².